The molecule has 30 heavy (non-hydrogen) atoms. The van der Waals surface area contributed by atoms with E-state index < -0.39 is 0 Å². The second kappa shape index (κ2) is 8.39. The largest absolute Gasteiger partial charge is 0.468 e. The Morgan fingerprint density at radius 3 is 2.67 bits per heavy atom. The number of nitrogens with zero attached hydrogens (tertiary/aromatic N) is 2. The van der Waals surface area contributed by atoms with Gasteiger partial charge in [0, 0.05) is 16.3 Å². The van der Waals surface area contributed by atoms with Crippen LogP contribution in [0.2, 0.25) is 0 Å². The molecule has 5 aromatic rings. The summed E-state index contributed by atoms with van der Waals surface area (Å²) in [7, 11) is 0. The van der Waals surface area contributed by atoms with Crippen molar-refractivity contribution in [2.45, 2.75) is 19.6 Å². The molecule has 0 aliphatic carbocycles. The predicted molar refractivity (Wildman–Crippen MR) is 122 cm³/mol. The first kappa shape index (κ1) is 19.0. The van der Waals surface area contributed by atoms with Crippen LogP contribution in [0.15, 0.2) is 81.5 Å². The number of hydrogen-bond donors (Lipinski definition) is 1. The Morgan fingerprint density at radius 1 is 1.00 bits per heavy atom. The Hall–Kier alpha value is -3.00. The van der Waals surface area contributed by atoms with Crippen LogP contribution in [-0.2, 0) is 19.6 Å². The fraction of sp³-hybridized carbons (Fsp3) is 0.130. The number of aromatic amines is 1. The summed E-state index contributed by atoms with van der Waals surface area (Å²) in [6, 6.07) is 20.0. The van der Waals surface area contributed by atoms with E-state index in [0.29, 0.717) is 24.3 Å². The number of H-pyrrole nitrogens is 1. The summed E-state index contributed by atoms with van der Waals surface area (Å²) >= 11 is 3.27. The second-order valence-corrected chi connectivity index (χ2v) is 9.07. The van der Waals surface area contributed by atoms with E-state index in [2.05, 4.69) is 21.3 Å². The van der Waals surface area contributed by atoms with Gasteiger partial charge in [0.1, 0.15) is 16.4 Å². The number of furan rings is 1. The van der Waals surface area contributed by atoms with Crippen LogP contribution in [0.1, 0.15) is 16.5 Å². The van der Waals surface area contributed by atoms with E-state index in [9.17, 15) is 4.79 Å². The lowest BCUT2D eigenvalue weighted by molar-refractivity contribution is 0.223. The number of thiophene rings is 2. The Morgan fingerprint density at radius 2 is 1.90 bits per heavy atom. The molecule has 5 nitrogen and oxygen atoms in total. The maximum Gasteiger partial charge on any atom is 0.259 e. The molecule has 0 aliphatic heterocycles. The van der Waals surface area contributed by atoms with E-state index in [0.717, 1.165) is 27.6 Å². The van der Waals surface area contributed by atoms with Crippen molar-refractivity contribution in [3.63, 3.8) is 0 Å². The summed E-state index contributed by atoms with van der Waals surface area (Å²) in [5.41, 5.74) is 1.00. The first-order valence-electron chi connectivity index (χ1n) is 9.60. The first-order chi connectivity index (χ1) is 14.7. The van der Waals surface area contributed by atoms with Crippen molar-refractivity contribution >= 4 is 32.9 Å². The molecule has 0 fully saturated rings. The third-order valence-electron chi connectivity index (χ3n) is 4.80. The van der Waals surface area contributed by atoms with Gasteiger partial charge in [-0.25, -0.2) is 4.98 Å². The van der Waals surface area contributed by atoms with Crippen LogP contribution >= 0.6 is 22.7 Å². The van der Waals surface area contributed by atoms with E-state index in [1.807, 2.05) is 54.6 Å². The number of rotatable bonds is 7. The number of hydrogen-bond acceptors (Lipinski definition) is 6. The highest BCUT2D eigenvalue weighted by atomic mass is 32.1. The van der Waals surface area contributed by atoms with Gasteiger partial charge in [0.15, 0.2) is 0 Å². The third kappa shape index (κ3) is 4.14. The average Bonchev–Trinajstić information content (AvgIpc) is 3.50. The zero-order chi connectivity index (χ0) is 20.3. The van der Waals surface area contributed by atoms with Crippen LogP contribution < -0.4 is 5.56 Å². The van der Waals surface area contributed by atoms with Crippen molar-refractivity contribution < 1.29 is 4.42 Å². The number of fused-ring (bicyclic) bond motifs is 1. The fourth-order valence-corrected chi connectivity index (χ4v) is 5.22. The van der Waals surface area contributed by atoms with Crippen molar-refractivity contribution in [1.29, 1.82) is 0 Å². The Kier molecular flexibility index (Phi) is 5.31. The number of nitrogens with one attached hydrogen (secondary N) is 1. The Balaban J connectivity index is 1.45. The molecular weight excluding hydrogens is 414 g/mol. The van der Waals surface area contributed by atoms with Gasteiger partial charge in [-0.2, -0.15) is 0 Å². The van der Waals surface area contributed by atoms with E-state index in [4.69, 9.17) is 9.40 Å². The molecule has 7 heteroatoms. The molecule has 0 bridgehead atoms. The van der Waals surface area contributed by atoms with Gasteiger partial charge < -0.3 is 9.40 Å². The standard InChI is InChI=1S/C23H19N3O2S2/c27-22-19-12-20(16-6-2-1-3-7-16)30-23(19)25-21(24-22)15-26(13-17-8-4-10-28-17)14-18-9-5-11-29-18/h1-12H,13-15H2,(H,24,25,27). The van der Waals surface area contributed by atoms with Crippen molar-refractivity contribution in [3.8, 4) is 10.4 Å². The van der Waals surface area contributed by atoms with Crippen molar-refractivity contribution in [2.75, 3.05) is 0 Å². The fourth-order valence-electron chi connectivity index (χ4n) is 3.42. The highest BCUT2D eigenvalue weighted by molar-refractivity contribution is 7.21. The lowest BCUT2D eigenvalue weighted by Gasteiger charge is -2.19. The molecule has 0 aliphatic rings. The quantitative estimate of drug-likeness (QED) is 0.368. The number of aromatic nitrogens is 2. The molecule has 0 unspecified atom stereocenters. The van der Waals surface area contributed by atoms with Crippen LogP contribution in [0, 0.1) is 0 Å². The van der Waals surface area contributed by atoms with Gasteiger partial charge in [0.05, 0.1) is 24.7 Å². The Bertz CT molecular complexity index is 1250. The molecule has 0 saturated heterocycles. The van der Waals surface area contributed by atoms with Crippen LogP contribution in [0.3, 0.4) is 0 Å². The molecule has 4 aromatic heterocycles. The van der Waals surface area contributed by atoms with Crippen LogP contribution in [0.5, 0.6) is 0 Å². The van der Waals surface area contributed by atoms with Gasteiger partial charge in [-0.1, -0.05) is 36.4 Å². The summed E-state index contributed by atoms with van der Waals surface area (Å²) in [6.45, 7) is 1.94. The molecule has 0 saturated carbocycles. The summed E-state index contributed by atoms with van der Waals surface area (Å²) in [5, 5.41) is 2.71. The average molecular weight is 434 g/mol. The van der Waals surface area contributed by atoms with Crippen LogP contribution in [-0.4, -0.2) is 14.9 Å². The van der Waals surface area contributed by atoms with E-state index >= 15 is 0 Å². The van der Waals surface area contributed by atoms with E-state index in [-0.39, 0.29) is 5.56 Å². The lowest BCUT2D eigenvalue weighted by atomic mass is 10.2. The summed E-state index contributed by atoms with van der Waals surface area (Å²) in [6.07, 6.45) is 1.68. The maximum absolute atomic E-state index is 12.7. The van der Waals surface area contributed by atoms with Crippen molar-refractivity contribution in [2.24, 2.45) is 0 Å². The zero-order valence-corrected chi connectivity index (χ0v) is 17.7. The number of benzene rings is 1. The SMILES string of the molecule is O=c1[nH]c(CN(Cc2ccco2)Cc2cccs2)nc2sc(-c3ccccc3)cc12. The molecule has 1 aromatic carbocycles. The molecule has 0 radical (unpaired) electrons. The zero-order valence-electron chi connectivity index (χ0n) is 16.1. The van der Waals surface area contributed by atoms with Gasteiger partial charge >= 0.3 is 0 Å². The first-order valence-corrected chi connectivity index (χ1v) is 11.3. The minimum Gasteiger partial charge on any atom is -0.468 e. The molecule has 0 spiro atoms. The molecule has 150 valence electrons. The van der Waals surface area contributed by atoms with Gasteiger partial charge in [-0.05, 0) is 35.2 Å². The minimum atomic E-state index is -0.0949. The minimum absolute atomic E-state index is 0.0949. The maximum atomic E-state index is 12.7. The Labute approximate surface area is 181 Å². The second-order valence-electron chi connectivity index (χ2n) is 7.01. The third-order valence-corrected chi connectivity index (χ3v) is 6.74. The lowest BCUT2D eigenvalue weighted by Crippen LogP contribution is -2.24. The molecule has 5 rings (SSSR count). The molecule has 0 amide bonds. The molecule has 4 heterocycles. The van der Waals surface area contributed by atoms with Crippen LogP contribution in [0.4, 0.5) is 0 Å². The smallest absolute Gasteiger partial charge is 0.259 e. The van der Waals surface area contributed by atoms with Crippen LogP contribution in [0.25, 0.3) is 20.7 Å². The van der Waals surface area contributed by atoms with Gasteiger partial charge in [-0.15, -0.1) is 22.7 Å². The van der Waals surface area contributed by atoms with E-state index in [1.165, 1.54) is 4.88 Å². The highest BCUT2D eigenvalue weighted by Gasteiger charge is 2.15. The summed E-state index contributed by atoms with van der Waals surface area (Å²) in [5.74, 6) is 1.55. The van der Waals surface area contributed by atoms with Gasteiger partial charge in [0.2, 0.25) is 0 Å². The monoisotopic (exact) mass is 433 g/mol. The summed E-state index contributed by atoms with van der Waals surface area (Å²) in [4.78, 5) is 25.8. The van der Waals surface area contributed by atoms with Crippen molar-refractivity contribution in [3.05, 3.63) is 99.1 Å². The predicted octanol–water partition coefficient (Wildman–Crippen LogP) is 5.51. The van der Waals surface area contributed by atoms with E-state index in [1.54, 1.807) is 28.9 Å². The molecule has 0 atom stereocenters. The van der Waals surface area contributed by atoms with Crippen molar-refractivity contribution in [1.82, 2.24) is 14.9 Å². The molecule has 1 N–H and O–H groups in total. The normalized spacial score (nSPS) is 11.5. The van der Waals surface area contributed by atoms with Gasteiger partial charge in [0.25, 0.3) is 5.56 Å². The highest BCUT2D eigenvalue weighted by Crippen LogP contribution is 2.30. The molecular formula is C23H19N3O2S2. The van der Waals surface area contributed by atoms with Gasteiger partial charge in [-0.3, -0.25) is 9.69 Å². The topological polar surface area (TPSA) is 62.1 Å². The summed E-state index contributed by atoms with van der Waals surface area (Å²) < 4.78 is 5.54.